The van der Waals surface area contributed by atoms with E-state index in [0.717, 1.165) is 12.1 Å². The molecular weight excluding hydrogens is 216 g/mol. The third kappa shape index (κ3) is 1.68. The van der Waals surface area contributed by atoms with Crippen LogP contribution < -0.4 is 5.32 Å². The van der Waals surface area contributed by atoms with Gasteiger partial charge in [-0.2, -0.15) is 0 Å². The third-order valence-corrected chi connectivity index (χ3v) is 1.94. The molecule has 0 fully saturated rings. The van der Waals surface area contributed by atoms with Gasteiger partial charge in [-0.05, 0) is 22.0 Å². The summed E-state index contributed by atoms with van der Waals surface area (Å²) in [5.41, 5.74) is 0.531. The van der Waals surface area contributed by atoms with Crippen LogP contribution in [0, 0.1) is 11.6 Å². The topological polar surface area (TPSA) is 12.0 Å². The van der Waals surface area contributed by atoms with Gasteiger partial charge in [0.1, 0.15) is 0 Å². The van der Waals surface area contributed by atoms with Gasteiger partial charge in [0.2, 0.25) is 0 Å². The highest BCUT2D eigenvalue weighted by molar-refractivity contribution is 9.10. The average molecular weight is 222 g/mol. The van der Waals surface area contributed by atoms with Crippen LogP contribution in [0.1, 0.15) is 0 Å². The minimum atomic E-state index is -0.851. The molecule has 4 heteroatoms. The van der Waals surface area contributed by atoms with E-state index in [4.69, 9.17) is 0 Å². The Bertz CT molecular complexity index is 275. The van der Waals surface area contributed by atoms with Crippen LogP contribution in [-0.4, -0.2) is 7.05 Å². The number of hydrogen-bond donors (Lipinski definition) is 1. The van der Waals surface area contributed by atoms with E-state index in [-0.39, 0.29) is 0 Å². The van der Waals surface area contributed by atoms with Crippen LogP contribution >= 0.6 is 15.9 Å². The monoisotopic (exact) mass is 221 g/mol. The lowest BCUT2D eigenvalue weighted by atomic mass is 10.3. The minimum Gasteiger partial charge on any atom is -0.387 e. The van der Waals surface area contributed by atoms with Crippen molar-refractivity contribution in [3.8, 4) is 0 Å². The van der Waals surface area contributed by atoms with Crippen LogP contribution in [-0.2, 0) is 0 Å². The smallest absolute Gasteiger partial charge is 0.160 e. The maximum Gasteiger partial charge on any atom is 0.160 e. The van der Waals surface area contributed by atoms with Gasteiger partial charge < -0.3 is 5.32 Å². The van der Waals surface area contributed by atoms with E-state index >= 15 is 0 Å². The van der Waals surface area contributed by atoms with Gasteiger partial charge in [-0.25, -0.2) is 8.78 Å². The van der Waals surface area contributed by atoms with Crippen molar-refractivity contribution < 1.29 is 8.78 Å². The summed E-state index contributed by atoms with van der Waals surface area (Å²) < 4.78 is 25.5. The van der Waals surface area contributed by atoms with Crippen molar-refractivity contribution in [1.82, 2.24) is 0 Å². The van der Waals surface area contributed by atoms with Crippen LogP contribution in [0.25, 0.3) is 0 Å². The number of rotatable bonds is 1. The zero-order valence-corrected chi connectivity index (χ0v) is 7.37. The molecule has 0 aliphatic rings. The van der Waals surface area contributed by atoms with Gasteiger partial charge in [0.15, 0.2) is 11.6 Å². The fraction of sp³-hybridized carbons (Fsp3) is 0.143. The fourth-order valence-corrected chi connectivity index (χ4v) is 1.23. The summed E-state index contributed by atoms with van der Waals surface area (Å²) in [7, 11) is 1.64. The Kier molecular flexibility index (Phi) is 2.44. The maximum absolute atomic E-state index is 12.5. The van der Waals surface area contributed by atoms with E-state index in [9.17, 15) is 8.78 Å². The highest BCUT2D eigenvalue weighted by Crippen LogP contribution is 2.24. The Morgan fingerprint density at radius 3 is 2.36 bits per heavy atom. The molecule has 0 radical (unpaired) electrons. The Morgan fingerprint density at radius 2 is 1.82 bits per heavy atom. The predicted molar refractivity (Wildman–Crippen MR) is 43.6 cm³/mol. The first-order valence-corrected chi connectivity index (χ1v) is 3.76. The largest absolute Gasteiger partial charge is 0.387 e. The molecule has 0 amide bonds. The SMILES string of the molecule is CNc1cc(F)c(F)cc1Br. The number of anilines is 1. The van der Waals surface area contributed by atoms with Crippen molar-refractivity contribution >= 4 is 21.6 Å². The lowest BCUT2D eigenvalue weighted by molar-refractivity contribution is 0.508. The van der Waals surface area contributed by atoms with Crippen molar-refractivity contribution in [2.24, 2.45) is 0 Å². The summed E-state index contributed by atoms with van der Waals surface area (Å²) in [6, 6.07) is 2.18. The second-order valence-corrected chi connectivity index (χ2v) is 2.85. The fourth-order valence-electron chi connectivity index (χ4n) is 0.714. The second-order valence-electron chi connectivity index (χ2n) is 2.00. The van der Waals surface area contributed by atoms with Gasteiger partial charge in [-0.3, -0.25) is 0 Å². The molecular formula is C7H6BrF2N. The zero-order valence-electron chi connectivity index (χ0n) is 5.79. The molecule has 0 bridgehead atoms. The van der Waals surface area contributed by atoms with E-state index in [2.05, 4.69) is 21.2 Å². The minimum absolute atomic E-state index is 0.513. The van der Waals surface area contributed by atoms with E-state index in [1.165, 1.54) is 0 Å². The van der Waals surface area contributed by atoms with Crippen molar-refractivity contribution in [3.63, 3.8) is 0 Å². The van der Waals surface area contributed by atoms with Gasteiger partial charge >= 0.3 is 0 Å². The zero-order chi connectivity index (χ0) is 8.43. The van der Waals surface area contributed by atoms with E-state index in [0.29, 0.717) is 10.2 Å². The first-order chi connectivity index (χ1) is 5.15. The molecule has 0 spiro atoms. The molecule has 1 aromatic rings. The summed E-state index contributed by atoms with van der Waals surface area (Å²) in [5.74, 6) is -1.70. The normalized spacial score (nSPS) is 9.82. The summed E-state index contributed by atoms with van der Waals surface area (Å²) in [6.07, 6.45) is 0. The van der Waals surface area contributed by atoms with Gasteiger partial charge in [-0.1, -0.05) is 0 Å². The molecule has 0 aromatic heterocycles. The standard InChI is InChI=1S/C7H6BrF2N/c1-11-7-3-6(10)5(9)2-4(7)8/h2-3,11H,1H3. The van der Waals surface area contributed by atoms with E-state index in [1.807, 2.05) is 0 Å². The van der Waals surface area contributed by atoms with Gasteiger partial charge in [0.25, 0.3) is 0 Å². The molecule has 11 heavy (non-hydrogen) atoms. The number of hydrogen-bond acceptors (Lipinski definition) is 1. The van der Waals surface area contributed by atoms with Crippen LogP contribution in [0.3, 0.4) is 0 Å². The number of halogens is 3. The van der Waals surface area contributed by atoms with Crippen molar-refractivity contribution in [1.29, 1.82) is 0 Å². The molecule has 60 valence electrons. The van der Waals surface area contributed by atoms with E-state index < -0.39 is 11.6 Å². The second kappa shape index (κ2) is 3.17. The van der Waals surface area contributed by atoms with Crippen LogP contribution in [0.15, 0.2) is 16.6 Å². The van der Waals surface area contributed by atoms with Crippen molar-refractivity contribution in [2.75, 3.05) is 12.4 Å². The molecule has 1 rings (SSSR count). The third-order valence-electron chi connectivity index (χ3n) is 1.28. The van der Waals surface area contributed by atoms with Gasteiger partial charge in [0.05, 0.1) is 5.69 Å². The lowest BCUT2D eigenvalue weighted by Crippen LogP contribution is -1.92. The first-order valence-electron chi connectivity index (χ1n) is 2.97. The quantitative estimate of drug-likeness (QED) is 0.720. The molecule has 0 saturated carbocycles. The lowest BCUT2D eigenvalue weighted by Gasteiger charge is -2.02. The Hall–Kier alpha value is -0.640. The summed E-state index contributed by atoms with van der Waals surface area (Å²) in [4.78, 5) is 0. The first kappa shape index (κ1) is 8.46. The summed E-state index contributed by atoms with van der Waals surface area (Å²) in [5, 5.41) is 2.71. The highest BCUT2D eigenvalue weighted by Gasteiger charge is 2.05. The van der Waals surface area contributed by atoms with Crippen LogP contribution in [0.2, 0.25) is 0 Å². The molecule has 1 nitrogen and oxygen atoms in total. The summed E-state index contributed by atoms with van der Waals surface area (Å²) in [6.45, 7) is 0. The maximum atomic E-state index is 12.5. The molecule has 0 aliphatic heterocycles. The Morgan fingerprint density at radius 1 is 1.27 bits per heavy atom. The van der Waals surface area contributed by atoms with Crippen molar-refractivity contribution in [2.45, 2.75) is 0 Å². The van der Waals surface area contributed by atoms with Crippen LogP contribution in [0.4, 0.5) is 14.5 Å². The van der Waals surface area contributed by atoms with Gasteiger partial charge in [-0.15, -0.1) is 0 Å². The molecule has 1 aromatic carbocycles. The average Bonchev–Trinajstić information content (AvgIpc) is 1.97. The van der Waals surface area contributed by atoms with E-state index in [1.54, 1.807) is 7.05 Å². The Balaban J connectivity index is 3.21. The molecule has 0 unspecified atom stereocenters. The molecule has 0 atom stereocenters. The van der Waals surface area contributed by atoms with Crippen LogP contribution in [0.5, 0.6) is 0 Å². The molecule has 0 heterocycles. The molecule has 0 aliphatic carbocycles. The van der Waals surface area contributed by atoms with Crippen molar-refractivity contribution in [3.05, 3.63) is 28.2 Å². The number of nitrogens with one attached hydrogen (secondary N) is 1. The van der Waals surface area contributed by atoms with Gasteiger partial charge in [0, 0.05) is 17.6 Å². The number of benzene rings is 1. The highest BCUT2D eigenvalue weighted by atomic mass is 79.9. The predicted octanol–water partition coefficient (Wildman–Crippen LogP) is 2.77. The summed E-state index contributed by atoms with van der Waals surface area (Å²) >= 11 is 3.07. The molecule has 1 N–H and O–H groups in total. The Labute approximate surface area is 71.5 Å². The molecule has 0 saturated heterocycles.